The van der Waals surface area contributed by atoms with Crippen molar-refractivity contribution in [2.45, 2.75) is 25.7 Å². The predicted octanol–water partition coefficient (Wildman–Crippen LogP) is 7.99. The van der Waals surface area contributed by atoms with Crippen molar-refractivity contribution < 1.29 is 46.9 Å². The van der Waals surface area contributed by atoms with E-state index < -0.39 is 42.5 Å². The second-order valence-electron chi connectivity index (χ2n) is 11.4. The number of anilines is 1. The van der Waals surface area contributed by atoms with Crippen LogP contribution in [0.15, 0.2) is 121 Å². The van der Waals surface area contributed by atoms with Gasteiger partial charge < -0.3 is 29.5 Å². The highest BCUT2D eigenvalue weighted by atomic mass is 19.4. The van der Waals surface area contributed by atoms with Gasteiger partial charge in [0.2, 0.25) is 5.91 Å². The van der Waals surface area contributed by atoms with Gasteiger partial charge in [-0.05, 0) is 89.5 Å². The van der Waals surface area contributed by atoms with Gasteiger partial charge in [0.05, 0.1) is 19.1 Å². The smallest absolute Gasteiger partial charge is 0.416 e. The molecule has 0 aliphatic heterocycles. The number of nitrogens with one attached hydrogen (secondary N) is 1. The number of carbonyl (C=O) groups excluding carboxylic acids is 2. The van der Waals surface area contributed by atoms with Gasteiger partial charge in [-0.15, -0.1) is 0 Å². The van der Waals surface area contributed by atoms with Crippen molar-refractivity contribution in [2.75, 3.05) is 19.0 Å². The van der Waals surface area contributed by atoms with Crippen molar-refractivity contribution in [3.05, 3.63) is 149 Å². The number of carboxylic acid groups (broad SMARTS) is 1. The highest BCUT2D eigenvalue weighted by Gasteiger charge is 2.34. The molecule has 51 heavy (non-hydrogen) atoms. The number of aliphatic carboxylic acids is 1. The minimum absolute atomic E-state index is 0.0120. The molecule has 0 saturated carbocycles. The lowest BCUT2D eigenvalue weighted by atomic mass is 10.0. The molecule has 0 saturated heterocycles. The van der Waals surface area contributed by atoms with E-state index in [-0.39, 0.29) is 29.1 Å². The maximum absolute atomic E-state index is 13.5. The third kappa shape index (κ3) is 10.3. The Morgan fingerprint density at radius 1 is 0.745 bits per heavy atom. The van der Waals surface area contributed by atoms with E-state index in [1.54, 1.807) is 48.5 Å². The summed E-state index contributed by atoms with van der Waals surface area (Å²) in [4.78, 5) is 38.7. The molecule has 0 atom stereocenters. The van der Waals surface area contributed by atoms with E-state index in [0.717, 1.165) is 16.5 Å². The summed E-state index contributed by atoms with van der Waals surface area (Å²) in [6.07, 6.45) is -5.23. The van der Waals surface area contributed by atoms with E-state index in [9.17, 15) is 32.7 Å². The summed E-state index contributed by atoms with van der Waals surface area (Å²) in [5.74, 6) is -0.654. The number of hydrogen-bond donors (Lipinski definition) is 2. The SMILES string of the molecule is COc1ccc(CC(=O)Nc2ccc(C(=O)N(CC(=O)O)Cc3ccc(Oc4ccc(OCc5ccccc5)cc4)cc3)cc2)c(C(F)(F)F)c1. The normalized spacial score (nSPS) is 11.0. The molecule has 9 nitrogen and oxygen atoms in total. The van der Waals surface area contributed by atoms with Crippen molar-refractivity contribution in [2.24, 2.45) is 0 Å². The molecular formula is C39H33F3N2O7. The highest BCUT2D eigenvalue weighted by Crippen LogP contribution is 2.35. The van der Waals surface area contributed by atoms with E-state index in [1.165, 1.54) is 43.5 Å². The fourth-order valence-electron chi connectivity index (χ4n) is 5.08. The molecule has 2 N–H and O–H groups in total. The second-order valence-corrected chi connectivity index (χ2v) is 11.4. The summed E-state index contributed by atoms with van der Waals surface area (Å²) >= 11 is 0. The van der Waals surface area contributed by atoms with E-state index in [0.29, 0.717) is 29.4 Å². The average Bonchev–Trinajstić information content (AvgIpc) is 3.12. The van der Waals surface area contributed by atoms with Gasteiger partial charge in [-0.3, -0.25) is 14.4 Å². The van der Waals surface area contributed by atoms with Crippen molar-refractivity contribution in [1.82, 2.24) is 4.90 Å². The molecule has 2 amide bonds. The zero-order valence-corrected chi connectivity index (χ0v) is 27.4. The summed E-state index contributed by atoms with van der Waals surface area (Å²) in [7, 11) is 1.25. The van der Waals surface area contributed by atoms with Gasteiger partial charge in [-0.25, -0.2) is 0 Å². The molecule has 0 aliphatic rings. The van der Waals surface area contributed by atoms with Crippen LogP contribution in [0.2, 0.25) is 0 Å². The maximum Gasteiger partial charge on any atom is 0.416 e. The Balaban J connectivity index is 1.17. The molecule has 0 fully saturated rings. The van der Waals surface area contributed by atoms with Gasteiger partial charge in [-0.1, -0.05) is 48.5 Å². The monoisotopic (exact) mass is 698 g/mol. The largest absolute Gasteiger partial charge is 0.497 e. The van der Waals surface area contributed by atoms with Crippen LogP contribution < -0.4 is 19.5 Å². The lowest BCUT2D eigenvalue weighted by molar-refractivity contribution is -0.139. The second kappa shape index (κ2) is 16.4. The van der Waals surface area contributed by atoms with Gasteiger partial charge in [0, 0.05) is 17.8 Å². The first kappa shape index (κ1) is 36.0. The molecule has 5 aromatic carbocycles. The van der Waals surface area contributed by atoms with Crippen LogP contribution in [0.3, 0.4) is 0 Å². The standard InChI is InChI=1S/C39H33F3N2O7/c1-49-34-16-11-29(35(22-34)39(40,41)42)21-36(45)43-30-12-9-28(10-13-30)38(48)44(24-37(46)47)23-26-7-14-32(15-8-26)51-33-19-17-31(18-20-33)50-25-27-5-3-2-4-6-27/h2-20,22H,21,23-25H2,1H3,(H,43,45)(H,46,47). The van der Waals surface area contributed by atoms with Crippen LogP contribution in [0.4, 0.5) is 18.9 Å². The summed E-state index contributed by atoms with van der Waals surface area (Å²) in [5, 5.41) is 12.0. The minimum atomic E-state index is -4.68. The molecule has 0 aliphatic carbocycles. The lowest BCUT2D eigenvalue weighted by Crippen LogP contribution is -2.35. The predicted molar refractivity (Wildman–Crippen MR) is 183 cm³/mol. The van der Waals surface area contributed by atoms with Crippen LogP contribution in [-0.4, -0.2) is 41.4 Å². The molecule has 0 bridgehead atoms. The first-order chi connectivity index (χ1) is 24.5. The molecule has 0 spiro atoms. The quantitative estimate of drug-likeness (QED) is 0.121. The fourth-order valence-corrected chi connectivity index (χ4v) is 5.08. The van der Waals surface area contributed by atoms with Crippen LogP contribution in [0.1, 0.15) is 32.6 Å². The van der Waals surface area contributed by atoms with E-state index in [2.05, 4.69) is 5.32 Å². The number of rotatable bonds is 14. The fraction of sp³-hybridized carbons (Fsp3) is 0.154. The molecule has 5 aromatic rings. The number of benzene rings is 5. The van der Waals surface area contributed by atoms with Gasteiger partial charge in [-0.2, -0.15) is 13.2 Å². The topological polar surface area (TPSA) is 114 Å². The molecular weight excluding hydrogens is 665 g/mol. The van der Waals surface area contributed by atoms with Crippen LogP contribution in [-0.2, 0) is 35.3 Å². The van der Waals surface area contributed by atoms with E-state index in [4.69, 9.17) is 14.2 Å². The van der Waals surface area contributed by atoms with Crippen molar-refractivity contribution >= 4 is 23.5 Å². The van der Waals surface area contributed by atoms with Crippen LogP contribution in [0, 0.1) is 0 Å². The number of hydrogen-bond acceptors (Lipinski definition) is 6. The number of ether oxygens (including phenoxy) is 3. The van der Waals surface area contributed by atoms with Crippen molar-refractivity contribution in [3.63, 3.8) is 0 Å². The molecule has 262 valence electrons. The van der Waals surface area contributed by atoms with Crippen LogP contribution >= 0.6 is 0 Å². The minimum Gasteiger partial charge on any atom is -0.497 e. The Hall–Kier alpha value is -6.30. The summed E-state index contributed by atoms with van der Waals surface area (Å²) in [6, 6.07) is 32.8. The van der Waals surface area contributed by atoms with E-state index in [1.807, 2.05) is 30.3 Å². The lowest BCUT2D eigenvalue weighted by Gasteiger charge is -2.21. The van der Waals surface area contributed by atoms with Gasteiger partial charge in [0.15, 0.2) is 0 Å². The molecule has 5 rings (SSSR count). The maximum atomic E-state index is 13.5. The zero-order chi connectivity index (χ0) is 36.4. The Morgan fingerprint density at radius 2 is 1.35 bits per heavy atom. The number of alkyl halides is 3. The van der Waals surface area contributed by atoms with Crippen LogP contribution in [0.5, 0.6) is 23.0 Å². The first-order valence-corrected chi connectivity index (χ1v) is 15.7. The Morgan fingerprint density at radius 3 is 1.96 bits per heavy atom. The number of carboxylic acids is 1. The number of amides is 2. The Bertz CT molecular complexity index is 1950. The number of methoxy groups -OCH3 is 1. The third-order valence-electron chi connectivity index (χ3n) is 7.61. The molecule has 0 unspecified atom stereocenters. The third-order valence-corrected chi connectivity index (χ3v) is 7.61. The van der Waals surface area contributed by atoms with Crippen molar-refractivity contribution in [3.8, 4) is 23.0 Å². The number of nitrogens with zero attached hydrogens (tertiary/aromatic N) is 1. The molecule has 0 aromatic heterocycles. The summed E-state index contributed by atoms with van der Waals surface area (Å²) < 4.78 is 57.2. The molecule has 0 heterocycles. The van der Waals surface area contributed by atoms with Crippen molar-refractivity contribution in [1.29, 1.82) is 0 Å². The summed E-state index contributed by atoms with van der Waals surface area (Å²) in [6.45, 7) is -0.143. The Kier molecular flexibility index (Phi) is 11.6. The molecule has 12 heteroatoms. The Labute approximate surface area is 291 Å². The first-order valence-electron chi connectivity index (χ1n) is 15.7. The molecule has 0 radical (unpaired) electrons. The van der Waals surface area contributed by atoms with Gasteiger partial charge in [0.1, 0.15) is 36.1 Å². The summed E-state index contributed by atoms with van der Waals surface area (Å²) in [5.41, 5.74) is 0.901. The van der Waals surface area contributed by atoms with Gasteiger partial charge >= 0.3 is 12.1 Å². The number of halogens is 3. The number of carbonyl (C=O) groups is 3. The van der Waals surface area contributed by atoms with E-state index >= 15 is 0 Å². The van der Waals surface area contributed by atoms with Crippen LogP contribution in [0.25, 0.3) is 0 Å². The highest BCUT2D eigenvalue weighted by molar-refractivity contribution is 5.97. The average molecular weight is 699 g/mol. The zero-order valence-electron chi connectivity index (χ0n) is 27.4. The van der Waals surface area contributed by atoms with Gasteiger partial charge in [0.25, 0.3) is 5.91 Å².